The third-order valence-corrected chi connectivity index (χ3v) is 6.16. The number of rotatable bonds is 5. The summed E-state index contributed by atoms with van der Waals surface area (Å²) < 4.78 is 21.5. The van der Waals surface area contributed by atoms with Crippen LogP contribution in [0.1, 0.15) is 11.1 Å². The van der Waals surface area contributed by atoms with Crippen molar-refractivity contribution in [1.29, 1.82) is 0 Å². The average Bonchev–Trinajstić information content (AvgIpc) is 3.22. The van der Waals surface area contributed by atoms with Gasteiger partial charge in [0, 0.05) is 18.7 Å². The number of halogens is 1. The Kier molecular flexibility index (Phi) is 5.75. The predicted molar refractivity (Wildman–Crippen MR) is 120 cm³/mol. The molecule has 0 fully saturated rings. The minimum atomic E-state index is -0.426. The molecule has 8 heteroatoms. The van der Waals surface area contributed by atoms with Crippen molar-refractivity contribution < 1.29 is 13.9 Å². The van der Waals surface area contributed by atoms with Gasteiger partial charge in [0.05, 0.1) is 22.9 Å². The highest BCUT2D eigenvalue weighted by Gasteiger charge is 2.27. The highest BCUT2D eigenvalue weighted by Crippen LogP contribution is 2.30. The maximum atomic E-state index is 13.6. The first-order chi connectivity index (χ1) is 14.9. The van der Waals surface area contributed by atoms with Gasteiger partial charge in [-0.25, -0.2) is 4.39 Å². The lowest BCUT2D eigenvalue weighted by Gasteiger charge is -2.10. The van der Waals surface area contributed by atoms with E-state index in [4.69, 9.17) is 4.74 Å². The molecule has 2 heterocycles. The van der Waals surface area contributed by atoms with Crippen molar-refractivity contribution in [3.8, 4) is 5.75 Å². The number of hydrogen-bond acceptors (Lipinski definition) is 5. The number of methoxy groups -OCH3 is 1. The van der Waals surface area contributed by atoms with Crippen molar-refractivity contribution in [2.45, 2.75) is 6.54 Å². The molecule has 0 aliphatic carbocycles. The molecule has 31 heavy (non-hydrogen) atoms. The third kappa shape index (κ3) is 4.17. The van der Waals surface area contributed by atoms with E-state index in [2.05, 4.69) is 5.32 Å². The van der Waals surface area contributed by atoms with Crippen LogP contribution < -0.4 is 24.8 Å². The Balaban J connectivity index is 1.95. The van der Waals surface area contributed by atoms with Gasteiger partial charge in [0.25, 0.3) is 11.5 Å². The van der Waals surface area contributed by atoms with Crippen LogP contribution in [0.5, 0.6) is 5.75 Å². The smallest absolute Gasteiger partial charge is 0.269 e. The number of nitrogens with one attached hydrogen (secondary N) is 1. The van der Waals surface area contributed by atoms with Gasteiger partial charge < -0.3 is 15.0 Å². The van der Waals surface area contributed by atoms with E-state index in [9.17, 15) is 14.0 Å². The molecule has 0 radical (unpaired) electrons. The zero-order valence-electron chi connectivity index (χ0n) is 17.4. The summed E-state index contributed by atoms with van der Waals surface area (Å²) >= 11 is 1.26. The van der Waals surface area contributed by atoms with Crippen molar-refractivity contribution in [1.82, 2.24) is 9.47 Å². The number of anilines is 1. The molecule has 0 spiro atoms. The first kappa shape index (κ1) is 21.0. The van der Waals surface area contributed by atoms with E-state index in [1.54, 1.807) is 23.8 Å². The third-order valence-electron chi connectivity index (χ3n) is 5.03. The standard InChI is InChI=1S/C23H22FN3O3S/c1-26(2)10-11-27-22(29)19(12-14-4-7-16(30-3)8-5-14)31-23(27)20-17-9-6-15(24)13-18(17)25-21(20)28/h4-9,12-13H,10-11H2,1-3H3,(H,25,28)/b19-12?,23-20-. The van der Waals surface area contributed by atoms with Gasteiger partial charge in [-0.05, 0) is 56.1 Å². The van der Waals surface area contributed by atoms with Gasteiger partial charge in [0.1, 0.15) is 16.2 Å². The molecule has 1 aliphatic heterocycles. The Morgan fingerprint density at radius 1 is 1.16 bits per heavy atom. The van der Waals surface area contributed by atoms with E-state index in [-0.39, 0.29) is 11.5 Å². The molecule has 1 aromatic heterocycles. The topological polar surface area (TPSA) is 63.6 Å². The largest absolute Gasteiger partial charge is 0.497 e. The number of ether oxygens (including phenoxy) is 1. The Bertz CT molecular complexity index is 1320. The Morgan fingerprint density at radius 3 is 2.58 bits per heavy atom. The summed E-state index contributed by atoms with van der Waals surface area (Å²) in [5, 5.41) is 2.71. The van der Waals surface area contributed by atoms with Crippen LogP contribution in [0, 0.1) is 5.82 Å². The van der Waals surface area contributed by atoms with Crippen molar-refractivity contribution in [2.24, 2.45) is 0 Å². The normalized spacial score (nSPS) is 15.4. The van der Waals surface area contributed by atoms with Crippen LogP contribution >= 0.6 is 11.3 Å². The predicted octanol–water partition coefficient (Wildman–Crippen LogP) is 1.60. The van der Waals surface area contributed by atoms with E-state index in [1.807, 2.05) is 43.3 Å². The summed E-state index contributed by atoms with van der Waals surface area (Å²) in [7, 11) is 5.45. The summed E-state index contributed by atoms with van der Waals surface area (Å²) in [6.07, 6.45) is 1.81. The van der Waals surface area contributed by atoms with Gasteiger partial charge in [-0.3, -0.25) is 14.2 Å². The second kappa shape index (κ2) is 8.49. The molecule has 160 valence electrons. The van der Waals surface area contributed by atoms with Crippen molar-refractivity contribution >= 4 is 34.6 Å². The summed E-state index contributed by atoms with van der Waals surface area (Å²) in [5.41, 5.74) is 2.11. The number of amides is 1. The molecule has 0 saturated carbocycles. The molecule has 0 unspecified atom stereocenters. The molecule has 2 aromatic carbocycles. The van der Waals surface area contributed by atoms with Crippen LogP contribution in [0.2, 0.25) is 0 Å². The van der Waals surface area contributed by atoms with Crippen LogP contribution in [-0.4, -0.2) is 43.1 Å². The van der Waals surface area contributed by atoms with Crippen molar-refractivity contribution in [2.75, 3.05) is 33.1 Å². The maximum absolute atomic E-state index is 13.6. The fourth-order valence-corrected chi connectivity index (χ4v) is 4.61. The summed E-state index contributed by atoms with van der Waals surface area (Å²) in [4.78, 5) is 28.0. The number of carbonyl (C=O) groups excluding carboxylic acids is 1. The fraction of sp³-hybridized carbons (Fsp3) is 0.217. The first-order valence-electron chi connectivity index (χ1n) is 9.73. The average molecular weight is 440 g/mol. The molecule has 4 rings (SSSR count). The molecule has 0 bridgehead atoms. The highest BCUT2D eigenvalue weighted by molar-refractivity contribution is 7.07. The number of nitrogens with zero attached hydrogens (tertiary/aromatic N) is 2. The minimum absolute atomic E-state index is 0.159. The Hall–Kier alpha value is -3.23. The Morgan fingerprint density at radius 2 is 1.90 bits per heavy atom. The maximum Gasteiger partial charge on any atom is 0.269 e. The van der Waals surface area contributed by atoms with Crippen LogP contribution in [-0.2, 0) is 11.3 Å². The molecule has 6 nitrogen and oxygen atoms in total. The van der Waals surface area contributed by atoms with Crippen molar-refractivity contribution in [3.63, 3.8) is 0 Å². The second-order valence-corrected chi connectivity index (χ2v) is 8.50. The first-order valence-corrected chi connectivity index (χ1v) is 10.5. The van der Waals surface area contributed by atoms with Crippen LogP contribution in [0.3, 0.4) is 0 Å². The van der Waals surface area contributed by atoms with Gasteiger partial charge in [-0.2, -0.15) is 0 Å². The van der Waals surface area contributed by atoms with Gasteiger partial charge in [-0.1, -0.05) is 12.1 Å². The molecule has 1 aliphatic rings. The van der Waals surface area contributed by atoms with Crippen LogP contribution in [0.15, 0.2) is 47.3 Å². The molecule has 3 aromatic rings. The van der Waals surface area contributed by atoms with E-state index in [1.165, 1.54) is 23.5 Å². The molecular formula is C23H22FN3O3S. The number of likely N-dealkylation sites (N-methyl/N-ethyl adjacent to an activating group) is 1. The van der Waals surface area contributed by atoms with Crippen molar-refractivity contribution in [3.05, 3.63) is 79.0 Å². The van der Waals surface area contributed by atoms with Crippen LogP contribution in [0.25, 0.3) is 11.6 Å². The van der Waals surface area contributed by atoms with E-state index in [0.717, 1.165) is 11.3 Å². The number of thiazole rings is 1. The lowest BCUT2D eigenvalue weighted by atomic mass is 10.1. The number of carbonyl (C=O) groups is 1. The van der Waals surface area contributed by atoms with Gasteiger partial charge >= 0.3 is 0 Å². The fourth-order valence-electron chi connectivity index (χ4n) is 3.42. The lowest BCUT2D eigenvalue weighted by Crippen LogP contribution is -2.36. The summed E-state index contributed by atoms with van der Waals surface area (Å²) in [6.45, 7) is 1.07. The second-order valence-electron chi connectivity index (χ2n) is 7.47. The molecule has 1 N–H and O–H groups in total. The quantitative estimate of drug-likeness (QED) is 0.656. The van der Waals surface area contributed by atoms with Gasteiger partial charge in [0.15, 0.2) is 0 Å². The van der Waals surface area contributed by atoms with E-state index >= 15 is 0 Å². The monoisotopic (exact) mass is 439 g/mol. The zero-order valence-corrected chi connectivity index (χ0v) is 18.3. The van der Waals surface area contributed by atoms with Gasteiger partial charge in [0.2, 0.25) is 0 Å². The molecule has 0 atom stereocenters. The zero-order chi connectivity index (χ0) is 22.1. The number of fused-ring (bicyclic) bond motifs is 1. The summed E-state index contributed by atoms with van der Waals surface area (Å²) in [6, 6.07) is 11.6. The number of benzene rings is 2. The molecule has 1 amide bonds. The van der Waals surface area contributed by atoms with Gasteiger partial charge in [-0.15, -0.1) is 11.3 Å². The SMILES string of the molecule is COc1ccc(C=c2s/c(=C3\C(=O)Nc4cc(F)ccc43)n(CCN(C)C)c2=O)cc1. The Labute approximate surface area is 182 Å². The minimum Gasteiger partial charge on any atom is -0.497 e. The van der Waals surface area contributed by atoms with Crippen LogP contribution in [0.4, 0.5) is 10.1 Å². The van der Waals surface area contributed by atoms with E-state index < -0.39 is 5.82 Å². The highest BCUT2D eigenvalue weighted by atomic mass is 32.1. The van der Waals surface area contributed by atoms with E-state index in [0.29, 0.717) is 39.1 Å². The summed E-state index contributed by atoms with van der Waals surface area (Å²) in [5.74, 6) is -0.0316. The number of hydrogen-bond donors (Lipinski definition) is 1. The lowest BCUT2D eigenvalue weighted by molar-refractivity contribution is -0.110. The molecule has 0 saturated heterocycles. The number of aromatic nitrogens is 1. The molecular weight excluding hydrogens is 417 g/mol.